The molecule has 9 aromatic rings. The molecule has 0 N–H and O–H groups in total. The Kier molecular flexibility index (Phi) is 7.22. The van der Waals surface area contributed by atoms with Gasteiger partial charge in [-0.25, -0.2) is 0 Å². The minimum absolute atomic E-state index is 1.11. The molecular formula is C48H33N. The number of para-hydroxylation sites is 1. The summed E-state index contributed by atoms with van der Waals surface area (Å²) in [5.41, 5.74) is 10.6. The van der Waals surface area contributed by atoms with Crippen molar-refractivity contribution in [3.8, 4) is 33.4 Å². The molecule has 0 amide bonds. The summed E-state index contributed by atoms with van der Waals surface area (Å²) in [5, 5.41) is 7.76. The molecule has 0 aliphatic rings. The van der Waals surface area contributed by atoms with Gasteiger partial charge >= 0.3 is 0 Å². The largest absolute Gasteiger partial charge is 0.310 e. The number of anilines is 3. The normalized spacial score (nSPS) is 11.3. The molecule has 0 aliphatic carbocycles. The van der Waals surface area contributed by atoms with Gasteiger partial charge in [0, 0.05) is 16.9 Å². The molecule has 0 radical (unpaired) electrons. The van der Waals surface area contributed by atoms with Gasteiger partial charge in [0.05, 0.1) is 5.69 Å². The first-order valence-electron chi connectivity index (χ1n) is 16.9. The van der Waals surface area contributed by atoms with Crippen molar-refractivity contribution in [1.29, 1.82) is 0 Å². The summed E-state index contributed by atoms with van der Waals surface area (Å²) in [6, 6.07) is 72.3. The van der Waals surface area contributed by atoms with Gasteiger partial charge in [-0.3, -0.25) is 0 Å². The van der Waals surface area contributed by atoms with E-state index >= 15 is 0 Å². The van der Waals surface area contributed by atoms with Crippen molar-refractivity contribution < 1.29 is 0 Å². The van der Waals surface area contributed by atoms with E-state index in [0.29, 0.717) is 0 Å². The summed E-state index contributed by atoms with van der Waals surface area (Å²) in [7, 11) is 0. The number of nitrogens with zero attached hydrogens (tertiary/aromatic N) is 1. The number of fused-ring (bicyclic) bond motifs is 6. The Morgan fingerprint density at radius 2 is 0.633 bits per heavy atom. The third-order valence-corrected chi connectivity index (χ3v) is 9.67. The maximum absolute atomic E-state index is 2.38. The van der Waals surface area contributed by atoms with Crippen LogP contribution in [0.2, 0.25) is 0 Å². The van der Waals surface area contributed by atoms with Gasteiger partial charge in [-0.15, -0.1) is 0 Å². The number of benzene rings is 9. The fourth-order valence-electron chi connectivity index (χ4n) is 7.28. The molecule has 1 heteroatoms. The molecule has 49 heavy (non-hydrogen) atoms. The predicted molar refractivity (Wildman–Crippen MR) is 210 cm³/mol. The Morgan fingerprint density at radius 1 is 0.245 bits per heavy atom. The standard InChI is InChI=1S/C48H33N/c1-3-13-34(14-4-1)35-23-28-39(29-24-35)49(48-22-12-11-17-41(48)37-15-5-2-6-16-37)40-30-25-36(26-31-40)38-27-32-46-44-20-8-7-18-42(44)43-19-9-10-21-45(43)47(46)33-38/h1-33H. The third-order valence-electron chi connectivity index (χ3n) is 9.67. The van der Waals surface area contributed by atoms with Gasteiger partial charge in [-0.1, -0.05) is 164 Å². The Balaban J connectivity index is 1.16. The summed E-state index contributed by atoms with van der Waals surface area (Å²) >= 11 is 0. The first-order valence-corrected chi connectivity index (χ1v) is 16.9. The summed E-state index contributed by atoms with van der Waals surface area (Å²) in [5.74, 6) is 0. The molecule has 0 unspecified atom stereocenters. The third kappa shape index (κ3) is 5.23. The van der Waals surface area contributed by atoms with Crippen molar-refractivity contribution in [2.75, 3.05) is 4.90 Å². The lowest BCUT2D eigenvalue weighted by Crippen LogP contribution is -2.11. The lowest BCUT2D eigenvalue weighted by Gasteiger charge is -2.28. The lowest BCUT2D eigenvalue weighted by atomic mass is 9.92. The van der Waals surface area contributed by atoms with Crippen LogP contribution in [-0.2, 0) is 0 Å². The molecule has 0 spiro atoms. The SMILES string of the molecule is c1ccc(-c2ccc(N(c3ccc(-c4ccc5c6ccccc6c6ccccc6c5c4)cc3)c3ccccc3-c3ccccc3)cc2)cc1. The average Bonchev–Trinajstić information content (AvgIpc) is 3.19. The van der Waals surface area contributed by atoms with Gasteiger partial charge < -0.3 is 4.90 Å². The molecule has 0 saturated heterocycles. The molecule has 9 rings (SSSR count). The fourth-order valence-corrected chi connectivity index (χ4v) is 7.28. The van der Waals surface area contributed by atoms with Gasteiger partial charge in [-0.05, 0) is 96.5 Å². The summed E-state index contributed by atoms with van der Waals surface area (Å²) < 4.78 is 0. The first kappa shape index (κ1) is 28.8. The van der Waals surface area contributed by atoms with Gasteiger partial charge in [0.2, 0.25) is 0 Å². The molecule has 0 aromatic heterocycles. The van der Waals surface area contributed by atoms with Crippen molar-refractivity contribution in [3.63, 3.8) is 0 Å². The molecule has 0 atom stereocenters. The average molecular weight is 624 g/mol. The van der Waals surface area contributed by atoms with E-state index in [1.807, 2.05) is 0 Å². The second-order valence-corrected chi connectivity index (χ2v) is 12.5. The van der Waals surface area contributed by atoms with Crippen molar-refractivity contribution in [2.45, 2.75) is 0 Å². The molecule has 1 nitrogen and oxygen atoms in total. The van der Waals surface area contributed by atoms with E-state index in [1.165, 1.54) is 65.7 Å². The highest BCUT2D eigenvalue weighted by Crippen LogP contribution is 2.42. The molecular weight excluding hydrogens is 591 g/mol. The van der Waals surface area contributed by atoms with Gasteiger partial charge in [-0.2, -0.15) is 0 Å². The fraction of sp³-hybridized carbons (Fsp3) is 0. The van der Waals surface area contributed by atoms with Gasteiger partial charge in [0.1, 0.15) is 0 Å². The Hall–Kier alpha value is -6.44. The minimum atomic E-state index is 1.11. The second-order valence-electron chi connectivity index (χ2n) is 12.5. The number of hydrogen-bond donors (Lipinski definition) is 0. The smallest absolute Gasteiger partial charge is 0.0540 e. The highest BCUT2D eigenvalue weighted by molar-refractivity contribution is 6.25. The summed E-state index contributed by atoms with van der Waals surface area (Å²) in [6.07, 6.45) is 0. The van der Waals surface area contributed by atoms with Crippen LogP contribution in [0, 0.1) is 0 Å². The van der Waals surface area contributed by atoms with Crippen molar-refractivity contribution in [3.05, 3.63) is 200 Å². The molecule has 0 bridgehead atoms. The van der Waals surface area contributed by atoms with Crippen LogP contribution in [0.5, 0.6) is 0 Å². The monoisotopic (exact) mass is 623 g/mol. The molecule has 0 aliphatic heterocycles. The van der Waals surface area contributed by atoms with Crippen molar-refractivity contribution in [1.82, 2.24) is 0 Å². The van der Waals surface area contributed by atoms with Crippen LogP contribution in [0.4, 0.5) is 17.1 Å². The number of rotatable bonds is 6. The van der Waals surface area contributed by atoms with E-state index in [-0.39, 0.29) is 0 Å². The van der Waals surface area contributed by atoms with Crippen LogP contribution in [0.3, 0.4) is 0 Å². The first-order chi connectivity index (χ1) is 24.3. The Morgan fingerprint density at radius 3 is 1.20 bits per heavy atom. The van der Waals surface area contributed by atoms with Crippen LogP contribution in [0.25, 0.3) is 65.7 Å². The maximum Gasteiger partial charge on any atom is 0.0540 e. The van der Waals surface area contributed by atoms with Crippen LogP contribution in [-0.4, -0.2) is 0 Å². The van der Waals surface area contributed by atoms with Crippen molar-refractivity contribution in [2.24, 2.45) is 0 Å². The maximum atomic E-state index is 2.38. The quantitative estimate of drug-likeness (QED) is 0.167. The number of hydrogen-bond acceptors (Lipinski definition) is 1. The van der Waals surface area contributed by atoms with E-state index in [0.717, 1.165) is 17.1 Å². The van der Waals surface area contributed by atoms with E-state index in [9.17, 15) is 0 Å². The zero-order chi connectivity index (χ0) is 32.6. The molecule has 9 aromatic carbocycles. The van der Waals surface area contributed by atoms with Gasteiger partial charge in [0.15, 0.2) is 0 Å². The topological polar surface area (TPSA) is 3.24 Å². The van der Waals surface area contributed by atoms with E-state index < -0.39 is 0 Å². The highest BCUT2D eigenvalue weighted by Gasteiger charge is 2.18. The lowest BCUT2D eigenvalue weighted by molar-refractivity contribution is 1.28. The molecule has 0 saturated carbocycles. The Labute approximate surface area is 287 Å². The van der Waals surface area contributed by atoms with Gasteiger partial charge in [0.25, 0.3) is 0 Å². The van der Waals surface area contributed by atoms with Crippen LogP contribution >= 0.6 is 0 Å². The Bertz CT molecular complexity index is 2530. The molecule has 0 heterocycles. The van der Waals surface area contributed by atoms with E-state index in [1.54, 1.807) is 0 Å². The molecule has 0 fully saturated rings. The molecule has 230 valence electrons. The summed E-state index contributed by atoms with van der Waals surface area (Å²) in [4.78, 5) is 2.38. The zero-order valence-corrected chi connectivity index (χ0v) is 27.0. The van der Waals surface area contributed by atoms with Crippen molar-refractivity contribution >= 4 is 49.4 Å². The highest BCUT2D eigenvalue weighted by atomic mass is 15.1. The van der Waals surface area contributed by atoms with E-state index in [2.05, 4.69) is 205 Å². The minimum Gasteiger partial charge on any atom is -0.310 e. The van der Waals surface area contributed by atoms with Crippen LogP contribution in [0.15, 0.2) is 200 Å². The van der Waals surface area contributed by atoms with E-state index in [4.69, 9.17) is 0 Å². The van der Waals surface area contributed by atoms with Crippen LogP contribution in [0.1, 0.15) is 0 Å². The van der Waals surface area contributed by atoms with Crippen LogP contribution < -0.4 is 4.90 Å². The zero-order valence-electron chi connectivity index (χ0n) is 27.0. The second kappa shape index (κ2) is 12.3. The predicted octanol–water partition coefficient (Wildman–Crippen LogP) is 13.6. The summed E-state index contributed by atoms with van der Waals surface area (Å²) in [6.45, 7) is 0.